The van der Waals surface area contributed by atoms with Crippen molar-refractivity contribution in [3.05, 3.63) is 118 Å². The van der Waals surface area contributed by atoms with Gasteiger partial charge in [0.1, 0.15) is 35.1 Å². The number of aliphatic hydroxyl groups excluding tert-OH is 1. The molecular weight excluding hydrogens is 573 g/mol. The third kappa shape index (κ3) is 5.80. The minimum atomic E-state index is -3.38. The number of halogens is 1. The summed E-state index contributed by atoms with van der Waals surface area (Å²) in [6, 6.07) is 25.0. The van der Waals surface area contributed by atoms with E-state index in [1.54, 1.807) is 38.5 Å². The lowest BCUT2D eigenvalue weighted by Gasteiger charge is -2.37. The van der Waals surface area contributed by atoms with Crippen molar-refractivity contribution in [2.24, 2.45) is 0 Å². The summed E-state index contributed by atoms with van der Waals surface area (Å²) >= 11 is 0. The zero-order valence-electron chi connectivity index (χ0n) is 24.2. The third-order valence-electron chi connectivity index (χ3n) is 7.44. The average Bonchev–Trinajstić information content (AvgIpc) is 3.25. The number of aromatic nitrogens is 2. The van der Waals surface area contributed by atoms with E-state index in [1.165, 1.54) is 13.0 Å². The molecule has 0 radical (unpaired) electrons. The Morgan fingerprint density at radius 2 is 1.52 bits per heavy atom. The van der Waals surface area contributed by atoms with Crippen molar-refractivity contribution in [3.8, 4) is 11.5 Å². The molecule has 12 heteroatoms. The summed E-state index contributed by atoms with van der Waals surface area (Å²) in [6.45, 7) is 0.824. The van der Waals surface area contributed by atoms with Gasteiger partial charge in [-0.3, -0.25) is 9.36 Å². The Morgan fingerprint density at radius 1 is 0.977 bits per heavy atom. The molecule has 0 bridgehead atoms. The Hall–Kier alpha value is -4.62. The summed E-state index contributed by atoms with van der Waals surface area (Å²) in [5.41, 5.74) is -0.246. The first-order valence-corrected chi connectivity index (χ1v) is 13.7. The lowest BCUT2D eigenvalue weighted by Crippen LogP contribution is -2.46. The summed E-state index contributed by atoms with van der Waals surface area (Å²) in [4.78, 5) is 27.7. The molecule has 11 nitrogen and oxygen atoms in total. The fraction of sp³-hybridized carbons (Fsp3) is 0.281. The Labute approximate surface area is 252 Å². The van der Waals surface area contributed by atoms with Crippen molar-refractivity contribution in [1.82, 2.24) is 9.55 Å². The lowest BCUT2D eigenvalue weighted by molar-refractivity contribution is -0.197. The van der Waals surface area contributed by atoms with E-state index in [0.717, 1.165) is 6.20 Å². The van der Waals surface area contributed by atoms with Crippen molar-refractivity contribution in [3.63, 3.8) is 0 Å². The SMILES string of the molecule is COc1ccc(C(OC[C@H]2O[C@@H](n3ccc(NC(C)=O)nc3=O)[C@@](O)(F)[C@@H]2O)(c2ccccc2)c2ccc(OC)cc2)cc1. The number of methoxy groups -OCH3 is 2. The van der Waals surface area contributed by atoms with E-state index in [9.17, 15) is 19.8 Å². The standard InChI is InChI=1S/C32H32FN3O8/c1-20(37)34-27-17-18-36(30(39)35-27)29-32(33,40)28(38)26(44-29)19-43-31(21-7-5-4-6-8-21,22-9-13-24(41-2)14-10-22)23-11-15-25(42-3)16-12-23/h4-18,26,28-29,38,40H,19H2,1-3H3,(H,34,35,37,39)/t26-,28-,29-,32-/m1/s1. The highest BCUT2D eigenvalue weighted by molar-refractivity contribution is 5.87. The summed E-state index contributed by atoms with van der Waals surface area (Å²) in [5.74, 6) is -2.67. The normalized spacial score (nSPS) is 21.5. The average molecular weight is 606 g/mol. The van der Waals surface area contributed by atoms with Gasteiger partial charge >= 0.3 is 5.69 Å². The van der Waals surface area contributed by atoms with Crippen LogP contribution in [0.5, 0.6) is 11.5 Å². The Bertz CT molecular complexity index is 1600. The molecule has 44 heavy (non-hydrogen) atoms. The van der Waals surface area contributed by atoms with Gasteiger partial charge in [0, 0.05) is 13.1 Å². The van der Waals surface area contributed by atoms with E-state index in [4.69, 9.17) is 18.9 Å². The van der Waals surface area contributed by atoms with Crippen LogP contribution in [0.2, 0.25) is 0 Å². The van der Waals surface area contributed by atoms with Crippen molar-refractivity contribution in [2.75, 3.05) is 26.1 Å². The maximum atomic E-state index is 15.7. The van der Waals surface area contributed by atoms with Gasteiger partial charge in [0.05, 0.1) is 20.8 Å². The number of ether oxygens (including phenoxy) is 4. The molecule has 1 aromatic heterocycles. The molecule has 0 aliphatic carbocycles. The molecule has 0 unspecified atom stereocenters. The second-order valence-electron chi connectivity index (χ2n) is 10.2. The van der Waals surface area contributed by atoms with E-state index < -0.39 is 48.1 Å². The second kappa shape index (κ2) is 12.5. The molecule has 1 fully saturated rings. The Kier molecular flexibility index (Phi) is 8.79. The molecule has 4 aromatic rings. The fourth-order valence-electron chi connectivity index (χ4n) is 5.26. The van der Waals surface area contributed by atoms with Crippen LogP contribution < -0.4 is 20.5 Å². The van der Waals surface area contributed by atoms with Gasteiger partial charge in [0.2, 0.25) is 5.91 Å². The quantitative estimate of drug-likeness (QED) is 0.233. The topological polar surface area (TPSA) is 141 Å². The van der Waals surface area contributed by atoms with Crippen molar-refractivity contribution in [1.29, 1.82) is 0 Å². The zero-order chi connectivity index (χ0) is 31.5. The highest BCUT2D eigenvalue weighted by Crippen LogP contribution is 2.44. The number of hydrogen-bond donors (Lipinski definition) is 3. The van der Waals surface area contributed by atoms with Crippen LogP contribution in [0.1, 0.15) is 29.8 Å². The van der Waals surface area contributed by atoms with Gasteiger partial charge in [-0.25, -0.2) is 9.18 Å². The molecule has 1 aliphatic rings. The van der Waals surface area contributed by atoms with Crippen LogP contribution in [-0.2, 0) is 19.9 Å². The first kappa shape index (κ1) is 30.8. The molecule has 2 heterocycles. The Morgan fingerprint density at radius 3 is 2.02 bits per heavy atom. The van der Waals surface area contributed by atoms with E-state index in [1.807, 2.05) is 54.6 Å². The molecule has 4 atom stereocenters. The number of carbonyl (C=O) groups is 1. The summed E-state index contributed by atoms with van der Waals surface area (Å²) < 4.78 is 39.5. The van der Waals surface area contributed by atoms with E-state index in [0.29, 0.717) is 32.8 Å². The van der Waals surface area contributed by atoms with E-state index >= 15 is 4.39 Å². The van der Waals surface area contributed by atoms with Crippen molar-refractivity contribution >= 4 is 11.7 Å². The number of rotatable bonds is 10. The predicted molar refractivity (Wildman–Crippen MR) is 157 cm³/mol. The number of aliphatic hydroxyl groups is 2. The van der Waals surface area contributed by atoms with Crippen LogP contribution in [0, 0.1) is 0 Å². The molecule has 3 N–H and O–H groups in total. The molecule has 5 rings (SSSR count). The van der Waals surface area contributed by atoms with Gasteiger partial charge < -0.3 is 34.5 Å². The first-order valence-electron chi connectivity index (χ1n) is 13.7. The van der Waals surface area contributed by atoms with E-state index in [-0.39, 0.29) is 5.82 Å². The maximum Gasteiger partial charge on any atom is 0.351 e. The summed E-state index contributed by atoms with van der Waals surface area (Å²) in [7, 11) is 3.11. The highest BCUT2D eigenvalue weighted by Gasteiger charge is 2.58. The van der Waals surface area contributed by atoms with Gasteiger partial charge in [-0.1, -0.05) is 54.6 Å². The third-order valence-corrected chi connectivity index (χ3v) is 7.44. The van der Waals surface area contributed by atoms with Crippen LogP contribution in [0.3, 0.4) is 0 Å². The second-order valence-corrected chi connectivity index (χ2v) is 10.2. The lowest BCUT2D eigenvalue weighted by atomic mass is 9.80. The van der Waals surface area contributed by atoms with Crippen molar-refractivity contribution in [2.45, 2.75) is 36.8 Å². The maximum absolute atomic E-state index is 15.7. The molecule has 0 spiro atoms. The molecule has 230 valence electrons. The monoisotopic (exact) mass is 605 g/mol. The van der Waals surface area contributed by atoms with Gasteiger partial charge in [-0.15, -0.1) is 0 Å². The largest absolute Gasteiger partial charge is 0.497 e. The van der Waals surface area contributed by atoms with Crippen LogP contribution in [-0.4, -0.2) is 64.6 Å². The number of alkyl halides is 1. The van der Waals surface area contributed by atoms with Crippen LogP contribution in [0.4, 0.5) is 10.2 Å². The number of anilines is 1. The number of amides is 1. The zero-order valence-corrected chi connectivity index (χ0v) is 24.2. The minimum Gasteiger partial charge on any atom is -0.497 e. The molecule has 0 saturated carbocycles. The van der Waals surface area contributed by atoms with E-state index in [2.05, 4.69) is 10.3 Å². The first-order chi connectivity index (χ1) is 21.1. The van der Waals surface area contributed by atoms with Crippen LogP contribution >= 0.6 is 0 Å². The number of carbonyl (C=O) groups excluding carboxylic acids is 1. The van der Waals surface area contributed by atoms with Crippen molar-refractivity contribution < 1.29 is 38.3 Å². The molecule has 1 amide bonds. The highest BCUT2D eigenvalue weighted by atomic mass is 19.2. The number of nitrogens with zero attached hydrogens (tertiary/aromatic N) is 2. The predicted octanol–water partition coefficient (Wildman–Crippen LogP) is 3.14. The molecule has 1 saturated heterocycles. The minimum absolute atomic E-state index is 0.0637. The fourth-order valence-corrected chi connectivity index (χ4v) is 5.26. The summed E-state index contributed by atoms with van der Waals surface area (Å²) in [5, 5.41) is 24.0. The molecular formula is C32H32FN3O8. The summed E-state index contributed by atoms with van der Waals surface area (Å²) in [6.07, 6.45) is -4.37. The van der Waals surface area contributed by atoms with Gasteiger partial charge in [-0.05, 0) is 47.0 Å². The van der Waals surface area contributed by atoms with Gasteiger partial charge in [-0.2, -0.15) is 4.98 Å². The van der Waals surface area contributed by atoms with Crippen LogP contribution in [0.25, 0.3) is 0 Å². The smallest absolute Gasteiger partial charge is 0.351 e. The van der Waals surface area contributed by atoms with Gasteiger partial charge in [0.25, 0.3) is 5.85 Å². The van der Waals surface area contributed by atoms with Crippen LogP contribution in [0.15, 0.2) is 95.9 Å². The van der Waals surface area contributed by atoms with Gasteiger partial charge in [0.15, 0.2) is 6.23 Å². The number of nitrogens with one attached hydrogen (secondary N) is 1. The molecule has 3 aromatic carbocycles. The Balaban J connectivity index is 1.54. The number of hydrogen-bond acceptors (Lipinski definition) is 9. The number of benzene rings is 3. The molecule has 1 aliphatic heterocycles.